The van der Waals surface area contributed by atoms with E-state index < -0.39 is 0 Å². The summed E-state index contributed by atoms with van der Waals surface area (Å²) in [6.07, 6.45) is 2.35. The minimum Gasteiger partial charge on any atom is -0.376 e. The Balaban J connectivity index is 1.60. The van der Waals surface area contributed by atoms with Gasteiger partial charge in [0.1, 0.15) is 5.51 Å². The van der Waals surface area contributed by atoms with Crippen LogP contribution in [0, 0.1) is 0 Å². The highest BCUT2D eigenvalue weighted by atomic mass is 32.2. The first kappa shape index (κ1) is 11.8. The van der Waals surface area contributed by atoms with Crippen molar-refractivity contribution in [3.63, 3.8) is 0 Å². The monoisotopic (exact) mass is 259 g/mol. The number of rotatable bonds is 5. The van der Waals surface area contributed by atoms with Crippen molar-refractivity contribution in [1.82, 2.24) is 15.5 Å². The average molecular weight is 259 g/mol. The molecule has 0 aromatic carbocycles. The van der Waals surface area contributed by atoms with Crippen LogP contribution in [0.15, 0.2) is 9.85 Å². The zero-order valence-electron chi connectivity index (χ0n) is 8.72. The fourth-order valence-corrected chi connectivity index (χ4v) is 2.76. The van der Waals surface area contributed by atoms with E-state index in [9.17, 15) is 4.79 Å². The SMILES string of the molecule is O=C(CSc1nncs1)NC[C@@H]1CCCO1. The van der Waals surface area contributed by atoms with Crippen molar-refractivity contribution in [2.75, 3.05) is 18.9 Å². The molecular formula is C9H13N3O2S2. The molecule has 16 heavy (non-hydrogen) atoms. The van der Waals surface area contributed by atoms with Crippen LogP contribution >= 0.6 is 23.1 Å². The van der Waals surface area contributed by atoms with Gasteiger partial charge in [-0.15, -0.1) is 10.2 Å². The highest BCUT2D eigenvalue weighted by molar-refractivity contribution is 8.01. The van der Waals surface area contributed by atoms with Crippen molar-refractivity contribution in [2.24, 2.45) is 0 Å². The number of nitrogens with zero attached hydrogens (tertiary/aromatic N) is 2. The smallest absolute Gasteiger partial charge is 0.230 e. The number of thioether (sulfide) groups is 1. The third-order valence-electron chi connectivity index (χ3n) is 2.22. The van der Waals surface area contributed by atoms with E-state index >= 15 is 0 Å². The molecule has 1 aliphatic rings. The van der Waals surface area contributed by atoms with E-state index in [0.29, 0.717) is 12.3 Å². The first-order chi connectivity index (χ1) is 7.84. The van der Waals surface area contributed by atoms with Crippen molar-refractivity contribution >= 4 is 29.0 Å². The maximum Gasteiger partial charge on any atom is 0.230 e. The minimum absolute atomic E-state index is 0.0238. The van der Waals surface area contributed by atoms with Gasteiger partial charge in [0, 0.05) is 13.2 Å². The van der Waals surface area contributed by atoms with Gasteiger partial charge in [-0.25, -0.2) is 0 Å². The Morgan fingerprint density at radius 2 is 2.69 bits per heavy atom. The molecule has 1 aromatic rings. The van der Waals surface area contributed by atoms with Gasteiger partial charge in [0.25, 0.3) is 0 Å². The van der Waals surface area contributed by atoms with E-state index in [1.165, 1.54) is 23.1 Å². The quantitative estimate of drug-likeness (QED) is 0.797. The number of hydrogen-bond donors (Lipinski definition) is 1. The van der Waals surface area contributed by atoms with Gasteiger partial charge < -0.3 is 10.1 Å². The Hall–Kier alpha value is -0.660. The summed E-state index contributed by atoms with van der Waals surface area (Å²) in [5, 5.41) is 10.4. The molecule has 2 heterocycles. The lowest BCUT2D eigenvalue weighted by Gasteiger charge is -2.09. The maximum atomic E-state index is 11.5. The minimum atomic E-state index is 0.0238. The number of ether oxygens (including phenoxy) is 1. The van der Waals surface area contributed by atoms with Crippen LogP contribution in [-0.2, 0) is 9.53 Å². The van der Waals surface area contributed by atoms with Crippen LogP contribution in [0.1, 0.15) is 12.8 Å². The van der Waals surface area contributed by atoms with Crippen molar-refractivity contribution in [1.29, 1.82) is 0 Å². The van der Waals surface area contributed by atoms with Crippen molar-refractivity contribution in [3.05, 3.63) is 5.51 Å². The molecular weight excluding hydrogens is 246 g/mol. The van der Waals surface area contributed by atoms with Crippen LogP contribution in [0.2, 0.25) is 0 Å². The second-order valence-corrected chi connectivity index (χ2v) is 5.49. The third-order valence-corrected chi connectivity index (χ3v) is 4.08. The normalized spacial score (nSPS) is 19.9. The second-order valence-electron chi connectivity index (χ2n) is 3.43. The Morgan fingerprint density at radius 3 is 3.38 bits per heavy atom. The van der Waals surface area contributed by atoms with Crippen LogP contribution in [-0.4, -0.2) is 41.1 Å². The van der Waals surface area contributed by atoms with E-state index in [1.54, 1.807) is 5.51 Å². The molecule has 1 fully saturated rings. The number of nitrogens with one attached hydrogen (secondary N) is 1. The molecule has 0 saturated carbocycles. The molecule has 1 amide bonds. The first-order valence-electron chi connectivity index (χ1n) is 5.12. The Kier molecular flexibility index (Phi) is 4.55. The Bertz CT molecular complexity index is 326. The molecule has 1 saturated heterocycles. The zero-order chi connectivity index (χ0) is 11.2. The molecule has 1 atom stereocenters. The largest absolute Gasteiger partial charge is 0.376 e. The lowest BCUT2D eigenvalue weighted by atomic mass is 10.2. The van der Waals surface area contributed by atoms with Gasteiger partial charge in [-0.1, -0.05) is 23.1 Å². The van der Waals surface area contributed by atoms with Gasteiger partial charge in [0.2, 0.25) is 5.91 Å². The molecule has 5 nitrogen and oxygen atoms in total. The molecule has 1 aliphatic heterocycles. The van der Waals surface area contributed by atoms with Gasteiger partial charge in [0.05, 0.1) is 11.9 Å². The molecule has 2 rings (SSSR count). The Morgan fingerprint density at radius 1 is 1.75 bits per heavy atom. The van der Waals surface area contributed by atoms with Gasteiger partial charge in [0.15, 0.2) is 4.34 Å². The molecule has 7 heteroatoms. The number of amides is 1. The standard InChI is InChI=1S/C9H13N3O2S2/c13-8(5-15-9-12-11-6-16-9)10-4-7-2-1-3-14-7/h6-7H,1-5H2,(H,10,13)/t7-/m0/s1. The lowest BCUT2D eigenvalue weighted by molar-refractivity contribution is -0.119. The van der Waals surface area contributed by atoms with Crippen molar-refractivity contribution in [3.8, 4) is 0 Å². The molecule has 88 valence electrons. The summed E-state index contributed by atoms with van der Waals surface area (Å²) in [6.45, 7) is 1.44. The summed E-state index contributed by atoms with van der Waals surface area (Å²) in [4.78, 5) is 11.5. The zero-order valence-corrected chi connectivity index (χ0v) is 10.4. The lowest BCUT2D eigenvalue weighted by Crippen LogP contribution is -2.32. The summed E-state index contributed by atoms with van der Waals surface area (Å²) in [5.41, 5.74) is 1.66. The van der Waals surface area contributed by atoms with E-state index in [-0.39, 0.29) is 12.0 Å². The summed E-state index contributed by atoms with van der Waals surface area (Å²) in [5.74, 6) is 0.415. The molecule has 0 spiro atoms. The molecule has 1 N–H and O–H groups in total. The number of carbonyl (C=O) groups is 1. The van der Waals surface area contributed by atoms with Gasteiger partial charge in [-0.05, 0) is 12.8 Å². The van der Waals surface area contributed by atoms with Crippen LogP contribution in [0.5, 0.6) is 0 Å². The first-order valence-corrected chi connectivity index (χ1v) is 6.98. The van der Waals surface area contributed by atoms with Crippen LogP contribution in [0.25, 0.3) is 0 Å². The molecule has 1 aromatic heterocycles. The van der Waals surface area contributed by atoms with Gasteiger partial charge >= 0.3 is 0 Å². The van der Waals surface area contributed by atoms with Crippen LogP contribution in [0.4, 0.5) is 0 Å². The molecule has 0 radical (unpaired) electrons. The average Bonchev–Trinajstić information content (AvgIpc) is 2.96. The summed E-state index contributed by atoms with van der Waals surface area (Å²) < 4.78 is 6.24. The number of hydrogen-bond acceptors (Lipinski definition) is 6. The summed E-state index contributed by atoms with van der Waals surface area (Å²) >= 11 is 2.85. The maximum absolute atomic E-state index is 11.5. The fourth-order valence-electron chi connectivity index (χ4n) is 1.44. The second kappa shape index (κ2) is 6.17. The molecule has 0 unspecified atom stereocenters. The van der Waals surface area contributed by atoms with Crippen molar-refractivity contribution in [2.45, 2.75) is 23.3 Å². The van der Waals surface area contributed by atoms with E-state index in [2.05, 4.69) is 15.5 Å². The van der Waals surface area contributed by atoms with E-state index in [1.807, 2.05) is 0 Å². The van der Waals surface area contributed by atoms with Gasteiger partial charge in [-0.3, -0.25) is 4.79 Å². The fraction of sp³-hybridized carbons (Fsp3) is 0.667. The summed E-state index contributed by atoms with van der Waals surface area (Å²) in [6, 6.07) is 0. The van der Waals surface area contributed by atoms with Crippen molar-refractivity contribution < 1.29 is 9.53 Å². The predicted molar refractivity (Wildman–Crippen MR) is 62.6 cm³/mol. The highest BCUT2D eigenvalue weighted by Crippen LogP contribution is 2.18. The number of carbonyl (C=O) groups excluding carboxylic acids is 1. The highest BCUT2D eigenvalue weighted by Gasteiger charge is 2.16. The summed E-state index contributed by atoms with van der Waals surface area (Å²) in [7, 11) is 0. The Labute approximate surface area is 102 Å². The number of aromatic nitrogens is 2. The van der Waals surface area contributed by atoms with Crippen LogP contribution < -0.4 is 5.32 Å². The van der Waals surface area contributed by atoms with Crippen LogP contribution in [0.3, 0.4) is 0 Å². The topological polar surface area (TPSA) is 64.1 Å². The van der Waals surface area contributed by atoms with E-state index in [0.717, 1.165) is 23.8 Å². The van der Waals surface area contributed by atoms with E-state index in [4.69, 9.17) is 4.74 Å². The molecule has 0 bridgehead atoms. The third kappa shape index (κ3) is 3.73. The van der Waals surface area contributed by atoms with Gasteiger partial charge in [-0.2, -0.15) is 0 Å². The molecule has 0 aliphatic carbocycles. The predicted octanol–water partition coefficient (Wildman–Crippen LogP) is 0.925.